The van der Waals surface area contributed by atoms with E-state index in [-0.39, 0.29) is 23.5 Å². The number of rotatable bonds is 4. The highest BCUT2D eigenvalue weighted by Crippen LogP contribution is 2.25. The molecule has 0 bridgehead atoms. The molecule has 2 N–H and O–H groups in total. The Hall–Kier alpha value is -2.57. The topological polar surface area (TPSA) is 82.0 Å². The van der Waals surface area contributed by atoms with E-state index in [2.05, 4.69) is 10.5 Å². The summed E-state index contributed by atoms with van der Waals surface area (Å²) < 4.78 is 0. The molecule has 2 amide bonds. The van der Waals surface area contributed by atoms with Crippen LogP contribution in [0.5, 0.6) is 5.75 Å². The fraction of sp³-hybridized carbons (Fsp3) is 0.250. The van der Waals surface area contributed by atoms with Crippen LogP contribution in [-0.2, 0) is 4.79 Å². The molecule has 3 rings (SSSR count). The van der Waals surface area contributed by atoms with E-state index in [9.17, 15) is 14.7 Å². The van der Waals surface area contributed by atoms with Crippen LogP contribution >= 0.6 is 23.2 Å². The monoisotopic (exact) mass is 419 g/mol. The normalized spacial score (nSPS) is 15.0. The van der Waals surface area contributed by atoms with Gasteiger partial charge in [0.15, 0.2) is 0 Å². The summed E-state index contributed by atoms with van der Waals surface area (Å²) >= 11 is 12.0. The van der Waals surface area contributed by atoms with Crippen molar-refractivity contribution in [2.24, 2.45) is 11.0 Å². The van der Waals surface area contributed by atoms with Gasteiger partial charge in [-0.3, -0.25) is 9.59 Å². The van der Waals surface area contributed by atoms with Crippen molar-refractivity contribution in [2.45, 2.75) is 12.8 Å². The zero-order valence-electron chi connectivity index (χ0n) is 14.9. The second-order valence-corrected chi connectivity index (χ2v) is 7.36. The number of piperidine rings is 1. The first-order valence-electron chi connectivity index (χ1n) is 8.80. The molecule has 2 aromatic rings. The van der Waals surface area contributed by atoms with Gasteiger partial charge in [0, 0.05) is 24.0 Å². The molecule has 0 atom stereocenters. The lowest BCUT2D eigenvalue weighted by atomic mass is 9.95. The van der Waals surface area contributed by atoms with Crippen molar-refractivity contribution in [1.29, 1.82) is 0 Å². The lowest BCUT2D eigenvalue weighted by Crippen LogP contribution is -2.42. The van der Waals surface area contributed by atoms with Crippen LogP contribution in [-0.4, -0.2) is 41.1 Å². The predicted octanol–water partition coefficient (Wildman–Crippen LogP) is 3.70. The minimum atomic E-state index is -0.207. The molecule has 1 aliphatic heterocycles. The molecule has 146 valence electrons. The van der Waals surface area contributed by atoms with Gasteiger partial charge in [-0.15, -0.1) is 0 Å². The fourth-order valence-corrected chi connectivity index (χ4v) is 3.49. The Morgan fingerprint density at radius 1 is 1.11 bits per heavy atom. The number of halogens is 2. The minimum Gasteiger partial charge on any atom is -0.508 e. The molecule has 0 aromatic heterocycles. The van der Waals surface area contributed by atoms with Gasteiger partial charge in [0.25, 0.3) is 5.91 Å². The fourth-order valence-electron chi connectivity index (χ4n) is 3.00. The number of hydrogen-bond donors (Lipinski definition) is 2. The van der Waals surface area contributed by atoms with E-state index < -0.39 is 0 Å². The number of aromatic hydroxyl groups is 1. The number of hydrogen-bond acceptors (Lipinski definition) is 4. The van der Waals surface area contributed by atoms with Crippen molar-refractivity contribution in [1.82, 2.24) is 10.3 Å². The van der Waals surface area contributed by atoms with Gasteiger partial charge >= 0.3 is 0 Å². The Bertz CT molecular complexity index is 892. The van der Waals surface area contributed by atoms with E-state index in [0.717, 1.165) is 5.56 Å². The third-order valence-electron chi connectivity index (χ3n) is 4.60. The first-order valence-corrected chi connectivity index (χ1v) is 9.56. The molecule has 0 saturated carbocycles. The molecular formula is C20H19Cl2N3O3. The first kappa shape index (κ1) is 20.2. The first-order chi connectivity index (χ1) is 13.4. The number of carbonyl (C=O) groups excluding carboxylic acids is 2. The summed E-state index contributed by atoms with van der Waals surface area (Å²) in [6, 6.07) is 11.3. The van der Waals surface area contributed by atoms with Gasteiger partial charge in [-0.2, -0.15) is 5.10 Å². The summed E-state index contributed by atoms with van der Waals surface area (Å²) in [5, 5.41) is 14.0. The van der Waals surface area contributed by atoms with Crippen molar-refractivity contribution in [2.75, 3.05) is 13.1 Å². The average Bonchev–Trinajstić information content (AvgIpc) is 2.69. The van der Waals surface area contributed by atoms with E-state index in [1.165, 1.54) is 6.21 Å². The number of hydrazone groups is 1. The summed E-state index contributed by atoms with van der Waals surface area (Å²) in [5.74, 6) is -0.374. The van der Waals surface area contributed by atoms with Crippen molar-refractivity contribution < 1.29 is 14.7 Å². The van der Waals surface area contributed by atoms with Gasteiger partial charge in [0.05, 0.1) is 16.8 Å². The lowest BCUT2D eigenvalue weighted by molar-refractivity contribution is -0.126. The summed E-state index contributed by atoms with van der Waals surface area (Å²) in [6.07, 6.45) is 2.62. The SMILES string of the molecule is O=C(N/N=C\c1ccc(O)cc1)C1CCN(C(=O)c2ccc(Cl)cc2Cl)CC1. The molecule has 28 heavy (non-hydrogen) atoms. The lowest BCUT2D eigenvalue weighted by Gasteiger charge is -2.31. The molecule has 2 aromatic carbocycles. The molecule has 8 heteroatoms. The Balaban J connectivity index is 1.51. The Morgan fingerprint density at radius 2 is 1.79 bits per heavy atom. The molecule has 6 nitrogen and oxygen atoms in total. The molecule has 0 spiro atoms. The maximum absolute atomic E-state index is 12.6. The highest BCUT2D eigenvalue weighted by molar-refractivity contribution is 6.36. The molecule has 0 unspecified atom stereocenters. The standard InChI is InChI=1S/C20H19Cl2N3O3/c21-15-3-6-17(18(22)11-15)20(28)25-9-7-14(8-10-25)19(27)24-23-12-13-1-4-16(26)5-2-13/h1-6,11-12,14,26H,7-10H2,(H,24,27)/b23-12-. The van der Waals surface area contributed by atoms with Crippen LogP contribution in [0.2, 0.25) is 10.0 Å². The number of nitrogens with one attached hydrogen (secondary N) is 1. The van der Waals surface area contributed by atoms with Crippen molar-refractivity contribution in [3.05, 3.63) is 63.6 Å². The number of likely N-dealkylation sites (tertiary alicyclic amines) is 1. The number of carbonyl (C=O) groups is 2. The number of benzene rings is 2. The number of nitrogens with zero attached hydrogens (tertiary/aromatic N) is 2. The smallest absolute Gasteiger partial charge is 0.255 e. The minimum absolute atomic E-state index is 0.161. The van der Waals surface area contributed by atoms with Crippen LogP contribution in [0.15, 0.2) is 47.6 Å². The van der Waals surface area contributed by atoms with Crippen LogP contribution < -0.4 is 5.43 Å². The molecule has 0 aliphatic carbocycles. The molecule has 1 aliphatic rings. The molecule has 1 saturated heterocycles. The zero-order chi connectivity index (χ0) is 20.1. The molecule has 0 radical (unpaired) electrons. The van der Waals surface area contributed by atoms with E-state index in [0.29, 0.717) is 41.5 Å². The largest absolute Gasteiger partial charge is 0.508 e. The van der Waals surface area contributed by atoms with Gasteiger partial charge in [-0.25, -0.2) is 5.43 Å². The molecule has 1 fully saturated rings. The van der Waals surface area contributed by atoms with E-state index in [1.54, 1.807) is 47.4 Å². The van der Waals surface area contributed by atoms with Crippen LogP contribution in [0, 0.1) is 5.92 Å². The zero-order valence-corrected chi connectivity index (χ0v) is 16.5. The summed E-state index contributed by atoms with van der Waals surface area (Å²) in [5.41, 5.74) is 3.71. The highest BCUT2D eigenvalue weighted by Gasteiger charge is 2.28. The number of phenols is 1. The van der Waals surface area contributed by atoms with E-state index >= 15 is 0 Å². The van der Waals surface area contributed by atoms with Gasteiger partial charge in [-0.1, -0.05) is 23.2 Å². The van der Waals surface area contributed by atoms with E-state index in [1.807, 2.05) is 0 Å². The number of amides is 2. The maximum Gasteiger partial charge on any atom is 0.255 e. The second kappa shape index (κ2) is 9.08. The molecule has 1 heterocycles. The van der Waals surface area contributed by atoms with Crippen LogP contribution in [0.1, 0.15) is 28.8 Å². The predicted molar refractivity (Wildman–Crippen MR) is 109 cm³/mol. The number of phenolic OH excluding ortho intramolecular Hbond substituents is 1. The van der Waals surface area contributed by atoms with Gasteiger partial charge < -0.3 is 10.0 Å². The van der Waals surface area contributed by atoms with Gasteiger partial charge in [0.2, 0.25) is 5.91 Å². The van der Waals surface area contributed by atoms with Crippen LogP contribution in [0.25, 0.3) is 0 Å². The second-order valence-electron chi connectivity index (χ2n) is 6.52. The third-order valence-corrected chi connectivity index (χ3v) is 5.14. The summed E-state index contributed by atoms with van der Waals surface area (Å²) in [6.45, 7) is 0.940. The third kappa shape index (κ3) is 5.03. The van der Waals surface area contributed by atoms with Crippen molar-refractivity contribution >= 4 is 41.2 Å². The highest BCUT2D eigenvalue weighted by atomic mass is 35.5. The van der Waals surface area contributed by atoms with Crippen LogP contribution in [0.3, 0.4) is 0 Å². The van der Waals surface area contributed by atoms with Crippen molar-refractivity contribution in [3.8, 4) is 5.75 Å². The van der Waals surface area contributed by atoms with E-state index in [4.69, 9.17) is 23.2 Å². The quantitative estimate of drug-likeness (QED) is 0.585. The average molecular weight is 420 g/mol. The van der Waals surface area contributed by atoms with Crippen LogP contribution in [0.4, 0.5) is 0 Å². The Labute approximate surface area is 172 Å². The Morgan fingerprint density at radius 3 is 2.43 bits per heavy atom. The van der Waals surface area contributed by atoms with Gasteiger partial charge in [-0.05, 0) is 60.9 Å². The maximum atomic E-state index is 12.6. The molecular weight excluding hydrogens is 401 g/mol. The Kier molecular flexibility index (Phi) is 6.54. The summed E-state index contributed by atoms with van der Waals surface area (Å²) in [7, 11) is 0. The van der Waals surface area contributed by atoms with Gasteiger partial charge in [0.1, 0.15) is 5.75 Å². The van der Waals surface area contributed by atoms with Crippen molar-refractivity contribution in [3.63, 3.8) is 0 Å². The summed E-state index contributed by atoms with van der Waals surface area (Å²) in [4.78, 5) is 26.6.